The van der Waals surface area contributed by atoms with Gasteiger partial charge in [0.2, 0.25) is 0 Å². The lowest BCUT2D eigenvalue weighted by atomic mass is 10.1. The van der Waals surface area contributed by atoms with Crippen LogP contribution in [0.5, 0.6) is 0 Å². The molecule has 2 heteroatoms. The van der Waals surface area contributed by atoms with Crippen molar-refractivity contribution in [3.8, 4) is 0 Å². The van der Waals surface area contributed by atoms with Crippen LogP contribution >= 0.6 is 0 Å². The van der Waals surface area contributed by atoms with Crippen molar-refractivity contribution in [2.45, 2.75) is 12.8 Å². The second-order valence-corrected chi connectivity index (χ2v) is 2.52. The Bertz CT molecular complexity index is 179. The van der Waals surface area contributed by atoms with E-state index >= 15 is 0 Å². The van der Waals surface area contributed by atoms with Crippen molar-refractivity contribution in [2.75, 3.05) is 13.1 Å². The highest BCUT2D eigenvalue weighted by molar-refractivity contribution is 5.82. The summed E-state index contributed by atoms with van der Waals surface area (Å²) < 4.78 is 0. The first-order valence-corrected chi connectivity index (χ1v) is 3.42. The molecule has 0 amide bonds. The predicted molar refractivity (Wildman–Crippen MR) is 37.6 cm³/mol. The summed E-state index contributed by atoms with van der Waals surface area (Å²) in [7, 11) is 0. The minimum absolute atomic E-state index is 0.947. The van der Waals surface area contributed by atoms with Gasteiger partial charge in [-0.2, -0.15) is 0 Å². The minimum Gasteiger partial charge on any atom is -0.384 e. The Morgan fingerprint density at radius 3 is 3.44 bits per heavy atom. The number of rotatable bonds is 0. The zero-order chi connectivity index (χ0) is 6.10. The first-order chi connectivity index (χ1) is 4.47. The maximum Gasteiger partial charge on any atom is 0.0623 e. The fraction of sp³-hybridized carbons (Fsp3) is 0.571. The Morgan fingerprint density at radius 1 is 1.56 bits per heavy atom. The molecule has 0 radical (unpaired) electrons. The SMILES string of the molecule is C1=NCC2=C1NCCC2. The molecule has 0 aromatic heterocycles. The van der Waals surface area contributed by atoms with E-state index in [1.165, 1.54) is 24.1 Å². The zero-order valence-corrected chi connectivity index (χ0v) is 5.35. The van der Waals surface area contributed by atoms with Crippen LogP contribution in [0.3, 0.4) is 0 Å². The third kappa shape index (κ3) is 0.745. The molecule has 0 aromatic carbocycles. The first-order valence-electron chi connectivity index (χ1n) is 3.42. The van der Waals surface area contributed by atoms with Crippen LogP contribution in [0.15, 0.2) is 16.3 Å². The van der Waals surface area contributed by atoms with Crippen molar-refractivity contribution in [2.24, 2.45) is 4.99 Å². The standard InChI is InChI=1S/C7H10N2/c1-2-6-4-8-5-7(6)9-3-1/h5,9H,1-4H2. The summed E-state index contributed by atoms with van der Waals surface area (Å²) in [6.45, 7) is 2.08. The summed E-state index contributed by atoms with van der Waals surface area (Å²) >= 11 is 0. The van der Waals surface area contributed by atoms with E-state index in [0.717, 1.165) is 13.1 Å². The molecular formula is C7H10N2. The van der Waals surface area contributed by atoms with Crippen LogP contribution in [0, 0.1) is 0 Å². The summed E-state index contributed by atoms with van der Waals surface area (Å²) in [4.78, 5) is 4.17. The molecule has 0 bridgehead atoms. The largest absolute Gasteiger partial charge is 0.384 e. The Labute approximate surface area is 54.7 Å². The smallest absolute Gasteiger partial charge is 0.0623 e. The first kappa shape index (κ1) is 5.03. The van der Waals surface area contributed by atoms with E-state index in [-0.39, 0.29) is 0 Å². The lowest BCUT2D eigenvalue weighted by Crippen LogP contribution is -2.20. The number of hydrogen-bond acceptors (Lipinski definition) is 2. The molecular weight excluding hydrogens is 112 g/mol. The topological polar surface area (TPSA) is 24.4 Å². The highest BCUT2D eigenvalue weighted by Gasteiger charge is 2.12. The summed E-state index contributed by atoms with van der Waals surface area (Å²) in [6.07, 6.45) is 4.49. The lowest BCUT2D eigenvalue weighted by molar-refractivity contribution is 0.683. The molecule has 0 fully saturated rings. The molecule has 1 N–H and O–H groups in total. The van der Waals surface area contributed by atoms with Crippen LogP contribution in [-0.2, 0) is 0 Å². The Balaban J connectivity index is 2.24. The molecule has 9 heavy (non-hydrogen) atoms. The van der Waals surface area contributed by atoms with Crippen LogP contribution in [0.4, 0.5) is 0 Å². The quantitative estimate of drug-likeness (QED) is 0.502. The predicted octanol–water partition coefficient (Wildman–Crippen LogP) is 0.708. The Morgan fingerprint density at radius 2 is 2.56 bits per heavy atom. The molecule has 0 saturated heterocycles. The second-order valence-electron chi connectivity index (χ2n) is 2.52. The maximum atomic E-state index is 4.17. The summed E-state index contributed by atoms with van der Waals surface area (Å²) in [5.41, 5.74) is 2.79. The molecule has 2 aliphatic heterocycles. The van der Waals surface area contributed by atoms with E-state index in [1.54, 1.807) is 0 Å². The normalized spacial score (nSPS) is 24.0. The third-order valence-electron chi connectivity index (χ3n) is 1.85. The average molecular weight is 122 g/mol. The van der Waals surface area contributed by atoms with Gasteiger partial charge in [-0.05, 0) is 18.4 Å². The Hall–Kier alpha value is -0.790. The van der Waals surface area contributed by atoms with Gasteiger partial charge in [-0.15, -0.1) is 0 Å². The van der Waals surface area contributed by atoms with Crippen LogP contribution in [0.1, 0.15) is 12.8 Å². The summed E-state index contributed by atoms with van der Waals surface area (Å²) in [5.74, 6) is 0. The van der Waals surface area contributed by atoms with E-state index in [9.17, 15) is 0 Å². The average Bonchev–Trinajstić information content (AvgIpc) is 2.33. The van der Waals surface area contributed by atoms with Crippen LogP contribution in [-0.4, -0.2) is 19.3 Å². The number of allylic oxidation sites excluding steroid dienone is 1. The van der Waals surface area contributed by atoms with Crippen molar-refractivity contribution < 1.29 is 0 Å². The van der Waals surface area contributed by atoms with Crippen molar-refractivity contribution in [1.29, 1.82) is 0 Å². The molecule has 2 rings (SSSR count). The maximum absolute atomic E-state index is 4.17. The van der Waals surface area contributed by atoms with Gasteiger partial charge in [-0.1, -0.05) is 0 Å². The molecule has 0 unspecified atom stereocenters. The second kappa shape index (κ2) is 1.87. The molecule has 0 spiro atoms. The summed E-state index contributed by atoms with van der Waals surface area (Å²) in [6, 6.07) is 0. The minimum atomic E-state index is 0.947. The monoisotopic (exact) mass is 122 g/mol. The van der Waals surface area contributed by atoms with E-state index in [0.29, 0.717) is 0 Å². The van der Waals surface area contributed by atoms with Gasteiger partial charge in [0.25, 0.3) is 0 Å². The summed E-state index contributed by atoms with van der Waals surface area (Å²) in [5, 5.41) is 3.31. The molecule has 0 aromatic rings. The van der Waals surface area contributed by atoms with Crippen molar-refractivity contribution in [3.05, 3.63) is 11.3 Å². The number of nitrogens with zero attached hydrogens (tertiary/aromatic N) is 1. The van der Waals surface area contributed by atoms with Crippen LogP contribution in [0.2, 0.25) is 0 Å². The van der Waals surface area contributed by atoms with E-state index < -0.39 is 0 Å². The Kier molecular flexibility index (Phi) is 1.04. The van der Waals surface area contributed by atoms with E-state index in [1.807, 2.05) is 6.21 Å². The van der Waals surface area contributed by atoms with Gasteiger partial charge in [0.05, 0.1) is 12.2 Å². The van der Waals surface area contributed by atoms with E-state index in [2.05, 4.69) is 10.3 Å². The fourth-order valence-corrected chi connectivity index (χ4v) is 1.33. The van der Waals surface area contributed by atoms with Gasteiger partial charge in [-0.3, -0.25) is 4.99 Å². The van der Waals surface area contributed by atoms with Gasteiger partial charge in [0.15, 0.2) is 0 Å². The molecule has 2 aliphatic rings. The number of nitrogens with one attached hydrogen (secondary N) is 1. The van der Waals surface area contributed by atoms with Crippen molar-refractivity contribution >= 4 is 6.21 Å². The number of hydrogen-bond donors (Lipinski definition) is 1. The molecule has 0 saturated carbocycles. The van der Waals surface area contributed by atoms with Gasteiger partial charge in [-0.25, -0.2) is 0 Å². The van der Waals surface area contributed by atoms with Gasteiger partial charge in [0, 0.05) is 12.8 Å². The van der Waals surface area contributed by atoms with Crippen molar-refractivity contribution in [3.63, 3.8) is 0 Å². The number of aliphatic imine (C=N–C) groups is 1. The molecule has 48 valence electrons. The van der Waals surface area contributed by atoms with Gasteiger partial charge >= 0.3 is 0 Å². The lowest BCUT2D eigenvalue weighted by Gasteiger charge is -2.13. The highest BCUT2D eigenvalue weighted by Crippen LogP contribution is 2.16. The fourth-order valence-electron chi connectivity index (χ4n) is 1.33. The molecule has 2 nitrogen and oxygen atoms in total. The molecule has 0 atom stereocenters. The van der Waals surface area contributed by atoms with E-state index in [4.69, 9.17) is 0 Å². The van der Waals surface area contributed by atoms with Gasteiger partial charge < -0.3 is 5.32 Å². The molecule has 2 heterocycles. The molecule has 0 aliphatic carbocycles. The third-order valence-corrected chi connectivity index (χ3v) is 1.85. The van der Waals surface area contributed by atoms with Crippen LogP contribution in [0.25, 0.3) is 0 Å². The highest BCUT2D eigenvalue weighted by atomic mass is 14.9. The van der Waals surface area contributed by atoms with Crippen molar-refractivity contribution in [1.82, 2.24) is 5.32 Å². The van der Waals surface area contributed by atoms with Crippen LogP contribution < -0.4 is 5.32 Å². The zero-order valence-electron chi connectivity index (χ0n) is 5.35. The van der Waals surface area contributed by atoms with Gasteiger partial charge in [0.1, 0.15) is 0 Å².